The molecule has 2 N–H and O–H groups in total. The number of fused-ring (bicyclic) bond motifs is 1. The van der Waals surface area contributed by atoms with Crippen molar-refractivity contribution in [2.75, 3.05) is 6.54 Å². The van der Waals surface area contributed by atoms with Crippen LogP contribution in [0.25, 0.3) is 0 Å². The zero-order valence-corrected chi connectivity index (χ0v) is 8.59. The first-order valence-electron chi connectivity index (χ1n) is 5.25. The van der Waals surface area contributed by atoms with Gasteiger partial charge in [-0.05, 0) is 43.0 Å². The number of nitrogens with one attached hydrogen (secondary N) is 1. The standard InChI is InChI=1S/C12H17NO/c1-9(14)6-10-2-3-12-8-13-5-4-11(12)7-10/h2-3,7,9,13-14H,4-6,8H2,1H3. The molecule has 0 fully saturated rings. The summed E-state index contributed by atoms with van der Waals surface area (Å²) < 4.78 is 0. The van der Waals surface area contributed by atoms with Gasteiger partial charge in [0.05, 0.1) is 6.10 Å². The molecule has 1 aromatic carbocycles. The fourth-order valence-corrected chi connectivity index (χ4v) is 2.00. The van der Waals surface area contributed by atoms with Crippen molar-refractivity contribution in [3.05, 3.63) is 34.9 Å². The SMILES string of the molecule is CC(O)Cc1ccc2c(c1)CCNC2. The highest BCUT2D eigenvalue weighted by molar-refractivity contribution is 5.34. The van der Waals surface area contributed by atoms with Crippen molar-refractivity contribution >= 4 is 0 Å². The Morgan fingerprint density at radius 3 is 3.07 bits per heavy atom. The lowest BCUT2D eigenvalue weighted by atomic mass is 9.96. The summed E-state index contributed by atoms with van der Waals surface area (Å²) in [5.74, 6) is 0. The molecule has 1 unspecified atom stereocenters. The van der Waals surface area contributed by atoms with Gasteiger partial charge in [-0.25, -0.2) is 0 Å². The minimum Gasteiger partial charge on any atom is -0.393 e. The molecule has 1 heterocycles. The van der Waals surface area contributed by atoms with E-state index in [1.54, 1.807) is 0 Å². The van der Waals surface area contributed by atoms with E-state index in [1.807, 2.05) is 6.92 Å². The molecule has 0 aromatic heterocycles. The van der Waals surface area contributed by atoms with Crippen LogP contribution in [0.4, 0.5) is 0 Å². The van der Waals surface area contributed by atoms with Gasteiger partial charge < -0.3 is 10.4 Å². The summed E-state index contributed by atoms with van der Waals surface area (Å²) in [6, 6.07) is 6.54. The maximum atomic E-state index is 9.30. The van der Waals surface area contributed by atoms with Gasteiger partial charge >= 0.3 is 0 Å². The highest BCUT2D eigenvalue weighted by Crippen LogP contribution is 2.16. The molecule has 1 aliphatic heterocycles. The average molecular weight is 191 g/mol. The van der Waals surface area contributed by atoms with E-state index in [9.17, 15) is 5.11 Å². The average Bonchev–Trinajstić information content (AvgIpc) is 2.17. The fourth-order valence-electron chi connectivity index (χ4n) is 2.00. The second-order valence-corrected chi connectivity index (χ2v) is 4.08. The monoisotopic (exact) mass is 191 g/mol. The first-order chi connectivity index (χ1) is 6.75. The summed E-state index contributed by atoms with van der Waals surface area (Å²) in [5.41, 5.74) is 4.10. The van der Waals surface area contributed by atoms with E-state index < -0.39 is 0 Å². The zero-order chi connectivity index (χ0) is 9.97. The van der Waals surface area contributed by atoms with Gasteiger partial charge in [0, 0.05) is 6.54 Å². The zero-order valence-electron chi connectivity index (χ0n) is 8.59. The Kier molecular flexibility index (Phi) is 2.85. The second-order valence-electron chi connectivity index (χ2n) is 4.08. The lowest BCUT2D eigenvalue weighted by molar-refractivity contribution is 0.195. The largest absolute Gasteiger partial charge is 0.393 e. The molecular formula is C12H17NO. The minimum atomic E-state index is -0.241. The summed E-state index contributed by atoms with van der Waals surface area (Å²) >= 11 is 0. The first kappa shape index (κ1) is 9.69. The molecule has 0 radical (unpaired) electrons. The molecule has 0 bridgehead atoms. The molecule has 0 amide bonds. The predicted molar refractivity (Wildman–Crippen MR) is 57.2 cm³/mol. The minimum absolute atomic E-state index is 0.241. The van der Waals surface area contributed by atoms with Crippen LogP contribution in [-0.4, -0.2) is 17.8 Å². The van der Waals surface area contributed by atoms with E-state index in [1.165, 1.54) is 16.7 Å². The third-order valence-electron chi connectivity index (χ3n) is 2.69. The number of aliphatic hydroxyl groups is 1. The molecule has 2 rings (SSSR count). The highest BCUT2D eigenvalue weighted by Gasteiger charge is 2.09. The maximum absolute atomic E-state index is 9.30. The van der Waals surface area contributed by atoms with Crippen molar-refractivity contribution in [3.8, 4) is 0 Å². The molecule has 1 aliphatic rings. The third-order valence-corrected chi connectivity index (χ3v) is 2.69. The van der Waals surface area contributed by atoms with Crippen molar-refractivity contribution < 1.29 is 5.11 Å². The van der Waals surface area contributed by atoms with Gasteiger partial charge in [0.25, 0.3) is 0 Å². The topological polar surface area (TPSA) is 32.3 Å². The van der Waals surface area contributed by atoms with E-state index in [4.69, 9.17) is 0 Å². The van der Waals surface area contributed by atoms with Gasteiger partial charge in [0.1, 0.15) is 0 Å². The van der Waals surface area contributed by atoms with E-state index in [-0.39, 0.29) is 6.10 Å². The van der Waals surface area contributed by atoms with Crippen LogP contribution in [0.5, 0.6) is 0 Å². The molecule has 76 valence electrons. The van der Waals surface area contributed by atoms with Gasteiger partial charge in [0.2, 0.25) is 0 Å². The summed E-state index contributed by atoms with van der Waals surface area (Å²) in [5, 5.41) is 12.6. The van der Waals surface area contributed by atoms with E-state index in [2.05, 4.69) is 23.5 Å². The predicted octanol–water partition coefficient (Wildman–Crippen LogP) is 1.26. The van der Waals surface area contributed by atoms with Crippen LogP contribution >= 0.6 is 0 Å². The van der Waals surface area contributed by atoms with Crippen LogP contribution in [0, 0.1) is 0 Å². The van der Waals surface area contributed by atoms with Crippen molar-refractivity contribution in [3.63, 3.8) is 0 Å². The van der Waals surface area contributed by atoms with Gasteiger partial charge in [-0.3, -0.25) is 0 Å². The molecule has 0 spiro atoms. The van der Waals surface area contributed by atoms with Crippen LogP contribution in [0.1, 0.15) is 23.6 Å². The number of aliphatic hydroxyl groups excluding tert-OH is 1. The summed E-state index contributed by atoms with van der Waals surface area (Å²) in [7, 11) is 0. The van der Waals surface area contributed by atoms with E-state index in [0.717, 1.165) is 25.9 Å². The Balaban J connectivity index is 2.20. The van der Waals surface area contributed by atoms with Crippen LogP contribution in [0.3, 0.4) is 0 Å². The Hall–Kier alpha value is -0.860. The lowest BCUT2D eigenvalue weighted by Gasteiger charge is -2.18. The van der Waals surface area contributed by atoms with Gasteiger partial charge in [-0.2, -0.15) is 0 Å². The Morgan fingerprint density at radius 1 is 1.43 bits per heavy atom. The molecule has 0 aliphatic carbocycles. The highest BCUT2D eigenvalue weighted by atomic mass is 16.3. The van der Waals surface area contributed by atoms with Crippen molar-refractivity contribution in [1.82, 2.24) is 5.32 Å². The fraction of sp³-hybridized carbons (Fsp3) is 0.500. The number of hydrogen-bond donors (Lipinski definition) is 2. The quantitative estimate of drug-likeness (QED) is 0.737. The molecule has 1 atom stereocenters. The van der Waals surface area contributed by atoms with Crippen molar-refractivity contribution in [2.24, 2.45) is 0 Å². The normalized spacial score (nSPS) is 17.6. The van der Waals surface area contributed by atoms with Crippen LogP contribution < -0.4 is 5.32 Å². The number of benzene rings is 1. The molecule has 14 heavy (non-hydrogen) atoms. The second kappa shape index (κ2) is 4.11. The van der Waals surface area contributed by atoms with Crippen LogP contribution in [-0.2, 0) is 19.4 Å². The molecule has 2 nitrogen and oxygen atoms in total. The van der Waals surface area contributed by atoms with E-state index in [0.29, 0.717) is 0 Å². The van der Waals surface area contributed by atoms with Crippen molar-refractivity contribution in [2.45, 2.75) is 32.4 Å². The van der Waals surface area contributed by atoms with E-state index >= 15 is 0 Å². The van der Waals surface area contributed by atoms with Crippen LogP contribution in [0.2, 0.25) is 0 Å². The smallest absolute Gasteiger partial charge is 0.0552 e. The van der Waals surface area contributed by atoms with Gasteiger partial charge in [-0.1, -0.05) is 18.2 Å². The molecular weight excluding hydrogens is 174 g/mol. The Bertz CT molecular complexity index is 320. The Morgan fingerprint density at radius 2 is 2.29 bits per heavy atom. The van der Waals surface area contributed by atoms with Gasteiger partial charge in [0.15, 0.2) is 0 Å². The molecule has 0 saturated heterocycles. The molecule has 1 aromatic rings. The maximum Gasteiger partial charge on any atom is 0.0552 e. The van der Waals surface area contributed by atoms with Crippen LogP contribution in [0.15, 0.2) is 18.2 Å². The summed E-state index contributed by atoms with van der Waals surface area (Å²) in [6.07, 6.45) is 1.64. The summed E-state index contributed by atoms with van der Waals surface area (Å²) in [6.45, 7) is 3.90. The Labute approximate surface area is 85.0 Å². The number of rotatable bonds is 2. The van der Waals surface area contributed by atoms with Crippen molar-refractivity contribution in [1.29, 1.82) is 0 Å². The molecule has 2 heteroatoms. The third kappa shape index (κ3) is 2.14. The molecule has 0 saturated carbocycles. The lowest BCUT2D eigenvalue weighted by Crippen LogP contribution is -2.23. The first-order valence-corrected chi connectivity index (χ1v) is 5.25. The number of hydrogen-bond acceptors (Lipinski definition) is 2. The summed E-state index contributed by atoms with van der Waals surface area (Å²) in [4.78, 5) is 0. The van der Waals surface area contributed by atoms with Gasteiger partial charge in [-0.15, -0.1) is 0 Å².